The molecule has 0 heterocycles. The Kier molecular flexibility index (Phi) is 9.83. The van der Waals surface area contributed by atoms with E-state index in [9.17, 15) is 22.8 Å². The molecule has 2 aromatic carbocycles. The van der Waals surface area contributed by atoms with Crippen molar-refractivity contribution in [3.8, 4) is 0 Å². The fraction of sp³-hybridized carbons (Fsp3) is 0.318. The van der Waals surface area contributed by atoms with Crippen LogP contribution in [0.15, 0.2) is 59.5 Å². The van der Waals surface area contributed by atoms with Gasteiger partial charge in [-0.1, -0.05) is 36.4 Å². The number of alkyl carbamates (subject to hydrolysis) is 1. The zero-order valence-corrected chi connectivity index (χ0v) is 19.1. The second-order valence-corrected chi connectivity index (χ2v) is 8.86. The van der Waals surface area contributed by atoms with Crippen LogP contribution >= 0.6 is 0 Å². The van der Waals surface area contributed by atoms with Crippen molar-refractivity contribution in [1.29, 1.82) is 0 Å². The summed E-state index contributed by atoms with van der Waals surface area (Å²) in [6.45, 7) is 1.81. The number of amides is 3. The zero-order valence-electron chi connectivity index (χ0n) is 18.2. The molecule has 1 unspecified atom stereocenters. The highest BCUT2D eigenvalue weighted by Gasteiger charge is 2.20. The van der Waals surface area contributed by atoms with E-state index in [4.69, 9.17) is 9.88 Å². The zero-order chi connectivity index (χ0) is 24.3. The molecule has 0 aliphatic heterocycles. The number of primary sulfonamides is 1. The van der Waals surface area contributed by atoms with Crippen LogP contribution in [0, 0.1) is 0 Å². The topological polar surface area (TPSA) is 157 Å². The molecular formula is C22H28N4O6S. The minimum Gasteiger partial charge on any atom is -0.445 e. The molecule has 0 saturated heterocycles. The predicted octanol–water partition coefficient (Wildman–Crippen LogP) is 1.87. The van der Waals surface area contributed by atoms with Crippen LogP contribution in [0.5, 0.6) is 0 Å². The van der Waals surface area contributed by atoms with E-state index in [0.29, 0.717) is 25.8 Å². The Morgan fingerprint density at radius 3 is 2.42 bits per heavy atom. The molecule has 0 bridgehead atoms. The molecule has 0 radical (unpaired) electrons. The van der Waals surface area contributed by atoms with Crippen molar-refractivity contribution < 1.29 is 27.5 Å². The molecule has 2 rings (SSSR count). The van der Waals surface area contributed by atoms with Crippen molar-refractivity contribution in [1.82, 2.24) is 10.6 Å². The molecule has 0 aliphatic rings. The monoisotopic (exact) mass is 476 g/mol. The molecule has 0 fully saturated rings. The maximum absolute atomic E-state index is 12.6. The van der Waals surface area contributed by atoms with Gasteiger partial charge < -0.3 is 20.7 Å². The van der Waals surface area contributed by atoms with Crippen molar-refractivity contribution in [2.75, 3.05) is 11.9 Å². The Morgan fingerprint density at radius 2 is 1.76 bits per heavy atom. The summed E-state index contributed by atoms with van der Waals surface area (Å²) in [4.78, 5) is 35.7. The Labute approximate surface area is 192 Å². The number of carbonyl (C=O) groups is 3. The fourth-order valence-electron chi connectivity index (χ4n) is 2.93. The van der Waals surface area contributed by atoms with Crippen LogP contribution in [0.1, 0.15) is 31.7 Å². The van der Waals surface area contributed by atoms with Gasteiger partial charge in [-0.15, -0.1) is 0 Å². The lowest BCUT2D eigenvalue weighted by Gasteiger charge is -2.18. The fourth-order valence-corrected chi connectivity index (χ4v) is 3.49. The molecule has 0 aromatic heterocycles. The van der Waals surface area contributed by atoms with Crippen LogP contribution in [0.25, 0.3) is 0 Å². The van der Waals surface area contributed by atoms with Gasteiger partial charge >= 0.3 is 6.09 Å². The average molecular weight is 477 g/mol. The van der Waals surface area contributed by atoms with Gasteiger partial charge in [0, 0.05) is 19.2 Å². The van der Waals surface area contributed by atoms with E-state index in [1.807, 2.05) is 30.3 Å². The number of carbonyl (C=O) groups excluding carboxylic acids is 3. The highest BCUT2D eigenvalue weighted by molar-refractivity contribution is 7.89. The maximum Gasteiger partial charge on any atom is 0.407 e. The van der Waals surface area contributed by atoms with Crippen LogP contribution in [-0.4, -0.2) is 38.9 Å². The first-order valence-electron chi connectivity index (χ1n) is 10.3. The van der Waals surface area contributed by atoms with Gasteiger partial charge in [0.1, 0.15) is 12.6 Å². The smallest absolute Gasteiger partial charge is 0.407 e. The van der Waals surface area contributed by atoms with E-state index in [2.05, 4.69) is 16.0 Å². The standard InChI is InChI=1S/C22H28N4O6S/c1-16(27)25-20(21(28)26-18-10-7-11-19(14-18)33(23,30)31)12-5-6-13-24-22(29)32-15-17-8-3-2-4-9-17/h2-4,7-11,14,20H,5-6,12-13,15H2,1H3,(H,24,29)(H,25,27)(H,26,28)(H2,23,30,31). The Balaban J connectivity index is 1.78. The number of benzene rings is 2. The van der Waals surface area contributed by atoms with Crippen LogP contribution in [-0.2, 0) is 31.0 Å². The molecule has 33 heavy (non-hydrogen) atoms. The lowest BCUT2D eigenvalue weighted by atomic mass is 10.1. The highest BCUT2D eigenvalue weighted by atomic mass is 32.2. The minimum atomic E-state index is -3.91. The summed E-state index contributed by atoms with van der Waals surface area (Å²) in [6.07, 6.45) is 0.880. The third-order valence-electron chi connectivity index (χ3n) is 4.53. The molecule has 1 atom stereocenters. The molecule has 11 heteroatoms. The lowest BCUT2D eigenvalue weighted by Crippen LogP contribution is -2.43. The van der Waals surface area contributed by atoms with Gasteiger partial charge in [0.2, 0.25) is 21.8 Å². The van der Waals surface area contributed by atoms with Gasteiger partial charge in [-0.05, 0) is 43.0 Å². The molecule has 3 amide bonds. The summed E-state index contributed by atoms with van der Waals surface area (Å²) in [5.74, 6) is -0.872. The lowest BCUT2D eigenvalue weighted by molar-refractivity contribution is -0.125. The number of rotatable bonds is 11. The van der Waals surface area contributed by atoms with Crippen molar-refractivity contribution in [3.05, 3.63) is 60.2 Å². The van der Waals surface area contributed by atoms with E-state index >= 15 is 0 Å². The van der Waals surface area contributed by atoms with E-state index in [1.54, 1.807) is 0 Å². The quantitative estimate of drug-likeness (QED) is 0.363. The van der Waals surface area contributed by atoms with Gasteiger partial charge in [0.25, 0.3) is 0 Å². The van der Waals surface area contributed by atoms with Crippen LogP contribution in [0.2, 0.25) is 0 Å². The average Bonchev–Trinajstić information content (AvgIpc) is 2.76. The first kappa shape index (κ1) is 25.8. The number of sulfonamides is 1. The Hall–Kier alpha value is -3.44. The summed E-state index contributed by atoms with van der Waals surface area (Å²) in [5.41, 5.74) is 1.12. The van der Waals surface area contributed by atoms with E-state index in [0.717, 1.165) is 5.56 Å². The van der Waals surface area contributed by atoms with Crippen LogP contribution in [0.4, 0.5) is 10.5 Å². The molecule has 178 valence electrons. The first-order chi connectivity index (χ1) is 15.6. The molecule has 0 aliphatic carbocycles. The third kappa shape index (κ3) is 9.71. The molecule has 0 spiro atoms. The normalized spacial score (nSPS) is 11.8. The summed E-state index contributed by atoms with van der Waals surface area (Å²) in [5, 5.41) is 12.9. The van der Waals surface area contributed by atoms with Crippen LogP contribution < -0.4 is 21.1 Å². The van der Waals surface area contributed by atoms with Crippen molar-refractivity contribution in [2.45, 2.75) is 43.7 Å². The van der Waals surface area contributed by atoms with E-state index < -0.39 is 28.1 Å². The Morgan fingerprint density at radius 1 is 1.03 bits per heavy atom. The first-order valence-corrected chi connectivity index (χ1v) is 11.8. The van der Waals surface area contributed by atoms with Gasteiger partial charge in [0.05, 0.1) is 4.90 Å². The maximum atomic E-state index is 12.6. The number of hydrogen-bond acceptors (Lipinski definition) is 6. The number of anilines is 1. The second-order valence-electron chi connectivity index (χ2n) is 7.30. The van der Waals surface area contributed by atoms with Gasteiger partial charge in [-0.2, -0.15) is 0 Å². The number of hydrogen-bond donors (Lipinski definition) is 4. The third-order valence-corrected chi connectivity index (χ3v) is 5.44. The largest absolute Gasteiger partial charge is 0.445 e. The minimum absolute atomic E-state index is 0.137. The number of nitrogens with one attached hydrogen (secondary N) is 3. The number of nitrogens with two attached hydrogens (primary N) is 1. The molecule has 2 aromatic rings. The summed E-state index contributed by atoms with van der Waals surface area (Å²) in [7, 11) is -3.91. The van der Waals surface area contributed by atoms with Crippen molar-refractivity contribution in [2.24, 2.45) is 5.14 Å². The van der Waals surface area contributed by atoms with Crippen molar-refractivity contribution in [3.63, 3.8) is 0 Å². The summed E-state index contributed by atoms with van der Waals surface area (Å²) >= 11 is 0. The summed E-state index contributed by atoms with van der Waals surface area (Å²) in [6, 6.07) is 14.0. The molecule has 5 N–H and O–H groups in total. The van der Waals surface area contributed by atoms with Gasteiger partial charge in [0.15, 0.2) is 0 Å². The molecule has 10 nitrogen and oxygen atoms in total. The molecule has 0 saturated carbocycles. The highest BCUT2D eigenvalue weighted by Crippen LogP contribution is 2.15. The van der Waals surface area contributed by atoms with Gasteiger partial charge in [-0.25, -0.2) is 18.4 Å². The number of unbranched alkanes of at least 4 members (excludes halogenated alkanes) is 1. The predicted molar refractivity (Wildman–Crippen MR) is 123 cm³/mol. The van der Waals surface area contributed by atoms with Crippen LogP contribution in [0.3, 0.4) is 0 Å². The SMILES string of the molecule is CC(=O)NC(CCCCNC(=O)OCc1ccccc1)C(=O)Nc1cccc(S(N)(=O)=O)c1. The second kappa shape index (κ2) is 12.6. The van der Waals surface area contributed by atoms with E-state index in [-0.39, 0.29) is 23.1 Å². The number of ether oxygens (including phenoxy) is 1. The summed E-state index contributed by atoms with van der Waals surface area (Å²) < 4.78 is 28.1. The molecular weight excluding hydrogens is 448 g/mol. The van der Waals surface area contributed by atoms with Crippen molar-refractivity contribution >= 4 is 33.6 Å². The Bertz CT molecular complexity index is 1060. The van der Waals surface area contributed by atoms with E-state index in [1.165, 1.54) is 31.2 Å². The van der Waals surface area contributed by atoms with Gasteiger partial charge in [-0.3, -0.25) is 9.59 Å².